The summed E-state index contributed by atoms with van der Waals surface area (Å²) in [6.07, 6.45) is 12.1. The molecule has 1 heterocycles. The first-order valence-corrected chi connectivity index (χ1v) is 11.3. The van der Waals surface area contributed by atoms with Crippen molar-refractivity contribution in [2.24, 2.45) is 0 Å². The van der Waals surface area contributed by atoms with E-state index >= 15 is 0 Å². The summed E-state index contributed by atoms with van der Waals surface area (Å²) in [5.41, 5.74) is 2.95. The third kappa shape index (κ3) is 4.21. The highest BCUT2D eigenvalue weighted by atomic mass is 32.1. The Labute approximate surface area is 165 Å². The van der Waals surface area contributed by atoms with E-state index < -0.39 is 0 Å². The molecule has 0 spiro atoms. The largest absolute Gasteiger partial charge is 0.507 e. The molecule has 27 heavy (non-hydrogen) atoms. The number of hydrogen-bond acceptors (Lipinski definition) is 3. The van der Waals surface area contributed by atoms with Gasteiger partial charge in [-0.15, -0.1) is 11.3 Å². The van der Waals surface area contributed by atoms with Crippen molar-refractivity contribution in [2.45, 2.75) is 76.0 Å². The highest BCUT2D eigenvalue weighted by Crippen LogP contribution is 2.45. The quantitative estimate of drug-likeness (QED) is 0.570. The number of benzene rings is 1. The van der Waals surface area contributed by atoms with Crippen LogP contribution in [0.3, 0.4) is 0 Å². The van der Waals surface area contributed by atoms with Gasteiger partial charge in [0, 0.05) is 5.69 Å². The summed E-state index contributed by atoms with van der Waals surface area (Å²) in [5, 5.41) is 16.1. The van der Waals surface area contributed by atoms with Crippen molar-refractivity contribution in [3.63, 3.8) is 0 Å². The second-order valence-electron chi connectivity index (χ2n) is 8.10. The van der Waals surface area contributed by atoms with Gasteiger partial charge in [-0.1, -0.05) is 44.6 Å². The first kappa shape index (κ1) is 18.5. The smallest absolute Gasteiger partial charge is 0.265 e. The number of anilines is 1. The minimum Gasteiger partial charge on any atom is -0.507 e. The van der Waals surface area contributed by atoms with Crippen LogP contribution in [0, 0.1) is 0 Å². The maximum absolute atomic E-state index is 12.6. The Bertz CT molecular complexity index is 733. The van der Waals surface area contributed by atoms with Crippen LogP contribution in [0.25, 0.3) is 0 Å². The van der Waals surface area contributed by atoms with Crippen LogP contribution in [0.4, 0.5) is 5.69 Å². The van der Waals surface area contributed by atoms with Crippen molar-refractivity contribution in [1.29, 1.82) is 0 Å². The lowest BCUT2D eigenvalue weighted by molar-refractivity contribution is 0.103. The number of rotatable bonds is 4. The van der Waals surface area contributed by atoms with Crippen LogP contribution >= 0.6 is 11.3 Å². The summed E-state index contributed by atoms with van der Waals surface area (Å²) in [6.45, 7) is 0. The molecule has 2 aromatic rings. The van der Waals surface area contributed by atoms with E-state index in [2.05, 4.69) is 5.32 Å². The van der Waals surface area contributed by atoms with Crippen molar-refractivity contribution >= 4 is 22.9 Å². The number of aromatic hydroxyl groups is 1. The molecular weight excluding hydrogens is 354 g/mol. The van der Waals surface area contributed by atoms with Gasteiger partial charge in [0.1, 0.15) is 5.75 Å². The average molecular weight is 384 g/mol. The summed E-state index contributed by atoms with van der Waals surface area (Å²) in [4.78, 5) is 13.3. The standard InChI is InChI=1S/C23H29NO2S/c25-22-19(16-8-3-1-4-9-16)14-18(24-23(26)21-12-7-13-27-21)15-20(22)17-10-5-2-6-11-17/h7,12-17,25H,1-6,8-11H2,(H,24,26). The van der Waals surface area contributed by atoms with E-state index in [1.807, 2.05) is 29.6 Å². The lowest BCUT2D eigenvalue weighted by atomic mass is 9.79. The molecule has 2 fully saturated rings. The van der Waals surface area contributed by atoms with Gasteiger partial charge in [0.15, 0.2) is 0 Å². The maximum Gasteiger partial charge on any atom is 0.265 e. The number of thiophene rings is 1. The molecule has 2 aliphatic carbocycles. The summed E-state index contributed by atoms with van der Waals surface area (Å²) in [6, 6.07) is 7.81. The Morgan fingerprint density at radius 2 is 1.48 bits per heavy atom. The number of amides is 1. The number of phenolic OH excluding ortho intramolecular Hbond substituents is 1. The third-order valence-electron chi connectivity index (χ3n) is 6.26. The maximum atomic E-state index is 12.6. The van der Waals surface area contributed by atoms with Gasteiger partial charge in [0.05, 0.1) is 4.88 Å². The minimum atomic E-state index is -0.0557. The molecule has 0 unspecified atom stereocenters. The monoisotopic (exact) mass is 383 g/mol. The lowest BCUT2D eigenvalue weighted by Crippen LogP contribution is -2.13. The molecule has 2 aliphatic rings. The number of phenols is 1. The van der Waals surface area contributed by atoms with Crippen LogP contribution in [0.15, 0.2) is 29.6 Å². The first-order valence-electron chi connectivity index (χ1n) is 10.4. The van der Waals surface area contributed by atoms with Crippen LogP contribution in [0.1, 0.15) is 96.8 Å². The van der Waals surface area contributed by atoms with Crippen LogP contribution in [-0.4, -0.2) is 11.0 Å². The van der Waals surface area contributed by atoms with Gasteiger partial charge in [-0.2, -0.15) is 0 Å². The summed E-state index contributed by atoms with van der Waals surface area (Å²) in [5.74, 6) is 1.28. The molecule has 1 aromatic carbocycles. The highest BCUT2D eigenvalue weighted by molar-refractivity contribution is 7.12. The molecule has 0 aliphatic heterocycles. The Kier molecular flexibility index (Phi) is 5.82. The molecule has 0 bridgehead atoms. The van der Waals surface area contributed by atoms with E-state index in [1.165, 1.54) is 49.9 Å². The van der Waals surface area contributed by atoms with Gasteiger partial charge in [-0.25, -0.2) is 0 Å². The zero-order valence-electron chi connectivity index (χ0n) is 15.9. The second-order valence-corrected chi connectivity index (χ2v) is 9.05. The molecule has 0 atom stereocenters. The molecule has 4 heteroatoms. The predicted molar refractivity (Wildman–Crippen MR) is 112 cm³/mol. The molecule has 2 saturated carbocycles. The van der Waals surface area contributed by atoms with Gasteiger partial charge in [0.25, 0.3) is 5.91 Å². The fourth-order valence-corrected chi connectivity index (χ4v) is 5.42. The topological polar surface area (TPSA) is 49.3 Å². The molecule has 1 amide bonds. The van der Waals surface area contributed by atoms with Gasteiger partial charge < -0.3 is 10.4 Å². The second kappa shape index (κ2) is 8.47. The highest BCUT2D eigenvalue weighted by Gasteiger charge is 2.26. The lowest BCUT2D eigenvalue weighted by Gasteiger charge is -2.28. The number of carbonyl (C=O) groups excluding carboxylic acids is 1. The zero-order chi connectivity index (χ0) is 18.6. The van der Waals surface area contributed by atoms with Gasteiger partial charge in [-0.05, 0) is 72.2 Å². The number of carbonyl (C=O) groups is 1. The average Bonchev–Trinajstić information content (AvgIpc) is 3.25. The van der Waals surface area contributed by atoms with E-state index in [4.69, 9.17) is 0 Å². The SMILES string of the molecule is O=C(Nc1cc(C2CCCCC2)c(O)c(C2CCCCC2)c1)c1cccs1. The van der Waals surface area contributed by atoms with Gasteiger partial charge in [-0.3, -0.25) is 4.79 Å². The number of hydrogen-bond donors (Lipinski definition) is 2. The summed E-state index contributed by atoms with van der Waals surface area (Å²) < 4.78 is 0. The van der Waals surface area contributed by atoms with Crippen molar-refractivity contribution in [2.75, 3.05) is 5.32 Å². The third-order valence-corrected chi connectivity index (χ3v) is 7.13. The van der Waals surface area contributed by atoms with Crippen LogP contribution in [-0.2, 0) is 0 Å². The fraction of sp³-hybridized carbons (Fsp3) is 0.522. The van der Waals surface area contributed by atoms with Crippen LogP contribution in [0.5, 0.6) is 5.75 Å². The molecule has 3 nitrogen and oxygen atoms in total. The zero-order valence-corrected chi connectivity index (χ0v) is 16.7. The Balaban J connectivity index is 1.67. The molecule has 2 N–H and O–H groups in total. The van der Waals surface area contributed by atoms with Crippen molar-refractivity contribution < 1.29 is 9.90 Å². The fourth-order valence-electron chi connectivity index (χ4n) is 4.80. The molecule has 0 saturated heterocycles. The van der Waals surface area contributed by atoms with Crippen molar-refractivity contribution in [3.8, 4) is 5.75 Å². The molecule has 4 rings (SSSR count). The van der Waals surface area contributed by atoms with Crippen molar-refractivity contribution in [1.82, 2.24) is 0 Å². The van der Waals surface area contributed by atoms with E-state index in [1.54, 1.807) is 0 Å². The minimum absolute atomic E-state index is 0.0557. The normalized spacial score (nSPS) is 19.1. The molecule has 144 valence electrons. The van der Waals surface area contributed by atoms with Crippen LogP contribution < -0.4 is 5.32 Å². The Morgan fingerprint density at radius 3 is 1.96 bits per heavy atom. The van der Waals surface area contributed by atoms with E-state index in [0.29, 0.717) is 17.6 Å². The molecule has 0 radical (unpaired) electrons. The predicted octanol–water partition coefficient (Wildman–Crippen LogP) is 6.80. The Hall–Kier alpha value is -1.81. The Morgan fingerprint density at radius 1 is 0.926 bits per heavy atom. The van der Waals surface area contributed by atoms with E-state index in [-0.39, 0.29) is 5.91 Å². The van der Waals surface area contributed by atoms with Crippen LogP contribution in [0.2, 0.25) is 0 Å². The van der Waals surface area contributed by atoms with E-state index in [9.17, 15) is 9.90 Å². The first-order chi connectivity index (χ1) is 13.2. The van der Waals surface area contributed by atoms with Gasteiger partial charge >= 0.3 is 0 Å². The van der Waals surface area contributed by atoms with E-state index in [0.717, 1.165) is 47.4 Å². The van der Waals surface area contributed by atoms with Gasteiger partial charge in [0.2, 0.25) is 0 Å². The summed E-state index contributed by atoms with van der Waals surface area (Å²) >= 11 is 1.46. The van der Waals surface area contributed by atoms with Crippen molar-refractivity contribution in [3.05, 3.63) is 45.6 Å². The number of nitrogens with one attached hydrogen (secondary N) is 1. The summed E-state index contributed by atoms with van der Waals surface area (Å²) in [7, 11) is 0. The molecule has 1 aromatic heterocycles. The molecular formula is C23H29NO2S.